The van der Waals surface area contributed by atoms with Crippen LogP contribution in [0, 0.1) is 0 Å². The fraction of sp³-hybridized carbons (Fsp3) is 0.467. The first-order valence-electron chi connectivity index (χ1n) is 6.90. The maximum absolute atomic E-state index is 12.1. The molecule has 2 heterocycles. The molecule has 0 radical (unpaired) electrons. The van der Waals surface area contributed by atoms with Crippen LogP contribution in [0.4, 0.5) is 0 Å². The number of imide groups is 1. The first kappa shape index (κ1) is 12.4. The van der Waals surface area contributed by atoms with E-state index in [4.69, 9.17) is 0 Å². The van der Waals surface area contributed by atoms with Crippen molar-refractivity contribution in [3.8, 4) is 0 Å². The van der Waals surface area contributed by atoms with Crippen molar-refractivity contribution in [1.82, 2.24) is 10.2 Å². The molecule has 100 valence electrons. The fourth-order valence-corrected chi connectivity index (χ4v) is 3.09. The van der Waals surface area contributed by atoms with E-state index < -0.39 is 0 Å². The second kappa shape index (κ2) is 5.13. The minimum Gasteiger partial charge on any atom is -0.294 e. The molecule has 2 atom stereocenters. The Kier molecular flexibility index (Phi) is 3.34. The molecule has 1 aromatic carbocycles. The number of piperazine rings is 1. The molecular weight excluding hydrogens is 240 g/mol. The van der Waals surface area contributed by atoms with E-state index in [0.717, 1.165) is 31.4 Å². The van der Waals surface area contributed by atoms with Crippen LogP contribution in [0.15, 0.2) is 30.3 Å². The van der Waals surface area contributed by atoms with E-state index >= 15 is 0 Å². The van der Waals surface area contributed by atoms with Crippen LogP contribution in [0.2, 0.25) is 0 Å². The molecular formula is C15H18N2O2. The number of nitrogens with one attached hydrogen (secondary N) is 1. The zero-order chi connectivity index (χ0) is 13.2. The Bertz CT molecular complexity index is 486. The summed E-state index contributed by atoms with van der Waals surface area (Å²) in [5.41, 5.74) is 1.14. The normalized spacial score (nSPS) is 27.8. The van der Waals surface area contributed by atoms with Crippen LogP contribution >= 0.6 is 0 Å². The molecule has 4 nitrogen and oxygen atoms in total. The number of carbonyl (C=O) groups excluding carboxylic acids is 2. The van der Waals surface area contributed by atoms with E-state index in [2.05, 4.69) is 10.2 Å². The Hall–Kier alpha value is -1.68. The number of carbonyl (C=O) groups is 2. The molecule has 3 rings (SSSR count). The molecule has 2 aliphatic heterocycles. The Balaban J connectivity index is 1.82. The molecule has 0 saturated carbocycles. The van der Waals surface area contributed by atoms with E-state index in [9.17, 15) is 9.59 Å². The molecule has 0 aromatic heterocycles. The molecule has 2 fully saturated rings. The highest BCUT2D eigenvalue weighted by molar-refractivity contribution is 6.02. The topological polar surface area (TPSA) is 49.4 Å². The molecule has 0 aliphatic carbocycles. The van der Waals surface area contributed by atoms with E-state index in [-0.39, 0.29) is 23.9 Å². The van der Waals surface area contributed by atoms with Gasteiger partial charge in [0.2, 0.25) is 11.8 Å². The van der Waals surface area contributed by atoms with Crippen LogP contribution in [-0.2, 0) is 16.0 Å². The average Bonchev–Trinajstić information content (AvgIpc) is 2.45. The van der Waals surface area contributed by atoms with Crippen LogP contribution in [0.25, 0.3) is 0 Å². The third-order valence-electron chi connectivity index (χ3n) is 4.07. The van der Waals surface area contributed by atoms with Gasteiger partial charge in [-0.25, -0.2) is 0 Å². The lowest BCUT2D eigenvalue weighted by molar-refractivity contribution is -0.146. The molecule has 2 aliphatic rings. The predicted molar refractivity (Wildman–Crippen MR) is 71.4 cm³/mol. The molecule has 0 bridgehead atoms. The summed E-state index contributed by atoms with van der Waals surface area (Å²) in [6.45, 7) is 0.849. The molecule has 4 heteroatoms. The first-order valence-corrected chi connectivity index (χ1v) is 6.90. The van der Waals surface area contributed by atoms with E-state index in [1.165, 1.54) is 0 Å². The van der Waals surface area contributed by atoms with Crippen molar-refractivity contribution < 1.29 is 9.59 Å². The van der Waals surface area contributed by atoms with Gasteiger partial charge in [0.25, 0.3) is 0 Å². The van der Waals surface area contributed by atoms with Crippen molar-refractivity contribution in [2.45, 2.75) is 37.8 Å². The SMILES string of the molecule is O=C1NC(=O)[C@H](Cc2ccccc2)N2CCCC[C@@H]12. The largest absolute Gasteiger partial charge is 0.294 e. The van der Waals surface area contributed by atoms with Gasteiger partial charge in [-0.05, 0) is 31.4 Å². The quantitative estimate of drug-likeness (QED) is 0.808. The van der Waals surface area contributed by atoms with Gasteiger partial charge >= 0.3 is 0 Å². The number of hydrogen-bond donors (Lipinski definition) is 1. The van der Waals surface area contributed by atoms with Crippen molar-refractivity contribution in [3.63, 3.8) is 0 Å². The average molecular weight is 258 g/mol. The maximum Gasteiger partial charge on any atom is 0.244 e. The molecule has 2 saturated heterocycles. The highest BCUT2D eigenvalue weighted by atomic mass is 16.2. The first-order chi connectivity index (χ1) is 9.25. The number of fused-ring (bicyclic) bond motifs is 1. The van der Waals surface area contributed by atoms with Crippen molar-refractivity contribution in [1.29, 1.82) is 0 Å². The Labute approximate surface area is 112 Å². The van der Waals surface area contributed by atoms with Gasteiger partial charge in [0.05, 0.1) is 12.1 Å². The Morgan fingerprint density at radius 1 is 1.11 bits per heavy atom. The summed E-state index contributed by atoms with van der Waals surface area (Å²) in [7, 11) is 0. The number of rotatable bonds is 2. The molecule has 19 heavy (non-hydrogen) atoms. The highest BCUT2D eigenvalue weighted by Gasteiger charge is 2.42. The van der Waals surface area contributed by atoms with Crippen molar-refractivity contribution in [2.75, 3.05) is 6.54 Å². The van der Waals surface area contributed by atoms with Gasteiger partial charge in [0.1, 0.15) is 0 Å². The number of amides is 2. The standard InChI is InChI=1S/C15H18N2O2/c18-14-12-8-4-5-9-17(12)13(15(19)16-14)10-11-6-2-1-3-7-11/h1-3,6-7,12-13H,4-5,8-10H2,(H,16,18,19)/t12-,13-/m0/s1. The van der Waals surface area contributed by atoms with Crippen LogP contribution in [0.3, 0.4) is 0 Å². The van der Waals surface area contributed by atoms with E-state index in [1.807, 2.05) is 30.3 Å². The van der Waals surface area contributed by atoms with Crippen LogP contribution in [-0.4, -0.2) is 35.3 Å². The summed E-state index contributed by atoms with van der Waals surface area (Å²) in [5.74, 6) is -0.263. The zero-order valence-corrected chi connectivity index (χ0v) is 10.8. The fourth-order valence-electron chi connectivity index (χ4n) is 3.09. The maximum atomic E-state index is 12.1. The van der Waals surface area contributed by atoms with Crippen molar-refractivity contribution in [3.05, 3.63) is 35.9 Å². The zero-order valence-electron chi connectivity index (χ0n) is 10.8. The van der Waals surface area contributed by atoms with Crippen LogP contribution in [0.5, 0.6) is 0 Å². The van der Waals surface area contributed by atoms with Crippen molar-refractivity contribution >= 4 is 11.8 Å². The summed E-state index contributed by atoms with van der Waals surface area (Å²) < 4.78 is 0. The number of nitrogens with zero attached hydrogens (tertiary/aromatic N) is 1. The Morgan fingerprint density at radius 3 is 2.68 bits per heavy atom. The minimum absolute atomic E-state index is 0.111. The molecule has 1 aromatic rings. The van der Waals surface area contributed by atoms with E-state index in [1.54, 1.807) is 0 Å². The van der Waals surface area contributed by atoms with Gasteiger partial charge in [-0.1, -0.05) is 36.8 Å². The lowest BCUT2D eigenvalue weighted by atomic mass is 9.93. The van der Waals surface area contributed by atoms with Crippen LogP contribution < -0.4 is 5.32 Å². The third-order valence-corrected chi connectivity index (χ3v) is 4.07. The summed E-state index contributed by atoms with van der Waals surface area (Å²) in [6, 6.07) is 9.68. The summed E-state index contributed by atoms with van der Waals surface area (Å²) >= 11 is 0. The molecule has 0 spiro atoms. The second-order valence-electron chi connectivity index (χ2n) is 5.31. The number of hydrogen-bond acceptors (Lipinski definition) is 3. The summed E-state index contributed by atoms with van der Waals surface area (Å²) in [4.78, 5) is 26.0. The van der Waals surface area contributed by atoms with Gasteiger partial charge in [-0.3, -0.25) is 19.8 Å². The van der Waals surface area contributed by atoms with Crippen molar-refractivity contribution in [2.24, 2.45) is 0 Å². The summed E-state index contributed by atoms with van der Waals surface area (Å²) in [5, 5.41) is 2.53. The van der Waals surface area contributed by atoms with Crippen LogP contribution in [0.1, 0.15) is 24.8 Å². The Morgan fingerprint density at radius 2 is 1.89 bits per heavy atom. The molecule has 2 amide bonds. The highest BCUT2D eigenvalue weighted by Crippen LogP contribution is 2.24. The summed E-state index contributed by atoms with van der Waals surface area (Å²) in [6.07, 6.45) is 3.68. The number of piperidine rings is 1. The van der Waals surface area contributed by atoms with Gasteiger partial charge in [0.15, 0.2) is 0 Å². The lowest BCUT2D eigenvalue weighted by Crippen LogP contribution is -2.65. The van der Waals surface area contributed by atoms with Gasteiger partial charge in [-0.2, -0.15) is 0 Å². The molecule has 1 N–H and O–H groups in total. The van der Waals surface area contributed by atoms with Gasteiger partial charge in [0, 0.05) is 0 Å². The third kappa shape index (κ3) is 2.40. The smallest absolute Gasteiger partial charge is 0.244 e. The van der Waals surface area contributed by atoms with E-state index in [0.29, 0.717) is 6.42 Å². The monoisotopic (exact) mass is 258 g/mol. The number of benzene rings is 1. The van der Waals surface area contributed by atoms with Gasteiger partial charge < -0.3 is 0 Å². The second-order valence-corrected chi connectivity index (χ2v) is 5.31. The minimum atomic E-state index is -0.203. The van der Waals surface area contributed by atoms with Gasteiger partial charge in [-0.15, -0.1) is 0 Å². The predicted octanol–water partition coefficient (Wildman–Crippen LogP) is 1.11. The lowest BCUT2D eigenvalue weighted by Gasteiger charge is -2.43. The molecule has 0 unspecified atom stereocenters.